The van der Waals surface area contributed by atoms with E-state index in [1.165, 1.54) is 0 Å². The zero-order valence-electron chi connectivity index (χ0n) is 3.35. The quantitative estimate of drug-likeness (QED) is 0.371. The maximum absolute atomic E-state index is 9.63. The summed E-state index contributed by atoms with van der Waals surface area (Å²) in [6, 6.07) is 0. The van der Waals surface area contributed by atoms with Gasteiger partial charge in [0.2, 0.25) is 0 Å². The third kappa shape index (κ3) is 2.24. The Morgan fingerprint density at radius 2 is 2.43 bits per heavy atom. The van der Waals surface area contributed by atoms with Crippen molar-refractivity contribution in [1.82, 2.24) is 0 Å². The molecule has 0 amide bonds. The Bertz CT molecular complexity index is 113. The Morgan fingerprint density at radius 1 is 2.00 bits per heavy atom. The third-order valence-corrected chi connectivity index (χ3v) is 0.991. The highest BCUT2D eigenvalue weighted by molar-refractivity contribution is 9.10. The van der Waals surface area contributed by atoms with Gasteiger partial charge in [-0.05, 0) is 0 Å². The maximum atomic E-state index is 9.63. The van der Waals surface area contributed by atoms with Crippen LogP contribution >= 0.6 is 15.9 Å². The Kier molecular flexibility index (Phi) is 2.46. The SMILES string of the molecule is C#CC(Br)C(=O)[O-]. The van der Waals surface area contributed by atoms with Crippen molar-refractivity contribution in [2.24, 2.45) is 0 Å². The molecular formula is C4H2BrO2-. The zero-order chi connectivity index (χ0) is 5.86. The van der Waals surface area contributed by atoms with E-state index in [4.69, 9.17) is 0 Å². The van der Waals surface area contributed by atoms with Gasteiger partial charge in [-0.2, -0.15) is 0 Å². The number of hydrogen-bond donors (Lipinski definition) is 0. The summed E-state index contributed by atoms with van der Waals surface area (Å²) < 4.78 is 0. The number of carboxylic acids is 1. The van der Waals surface area contributed by atoms with Gasteiger partial charge in [0.25, 0.3) is 0 Å². The van der Waals surface area contributed by atoms with Crippen LogP contribution in [-0.2, 0) is 4.79 Å². The van der Waals surface area contributed by atoms with Gasteiger partial charge in [-0.25, -0.2) is 0 Å². The smallest absolute Gasteiger partial charge is 0.114 e. The minimum Gasteiger partial charge on any atom is -0.548 e. The van der Waals surface area contributed by atoms with Crippen molar-refractivity contribution in [3.63, 3.8) is 0 Å². The van der Waals surface area contributed by atoms with E-state index in [0.29, 0.717) is 0 Å². The lowest BCUT2D eigenvalue weighted by atomic mass is 10.5. The van der Waals surface area contributed by atoms with Crippen LogP contribution in [0.1, 0.15) is 0 Å². The molecule has 0 aromatic heterocycles. The summed E-state index contributed by atoms with van der Waals surface area (Å²) in [5.74, 6) is 0.644. The van der Waals surface area contributed by atoms with Crippen molar-refractivity contribution in [1.29, 1.82) is 0 Å². The highest BCUT2D eigenvalue weighted by Crippen LogP contribution is 1.92. The fourth-order valence-corrected chi connectivity index (χ4v) is 0.0680. The molecule has 0 aromatic carbocycles. The molecule has 2 nitrogen and oxygen atoms in total. The Labute approximate surface area is 49.7 Å². The Morgan fingerprint density at radius 3 is 2.43 bits per heavy atom. The van der Waals surface area contributed by atoms with Crippen molar-refractivity contribution in [3.8, 4) is 12.3 Å². The van der Waals surface area contributed by atoms with E-state index < -0.39 is 10.8 Å². The van der Waals surface area contributed by atoms with Crippen LogP contribution in [0, 0.1) is 12.3 Å². The molecule has 3 heteroatoms. The number of hydrogen-bond acceptors (Lipinski definition) is 2. The normalized spacial score (nSPS) is 12.0. The Balaban J connectivity index is 3.63. The van der Waals surface area contributed by atoms with Crippen LogP contribution in [0.4, 0.5) is 0 Å². The number of rotatable bonds is 1. The average molecular weight is 162 g/mol. The molecule has 0 aliphatic heterocycles. The van der Waals surface area contributed by atoms with E-state index in [-0.39, 0.29) is 0 Å². The Hall–Kier alpha value is -0.490. The fourth-order valence-electron chi connectivity index (χ4n) is 0.0680. The largest absolute Gasteiger partial charge is 0.548 e. The predicted molar refractivity (Wildman–Crippen MR) is 26.6 cm³/mol. The molecule has 38 valence electrons. The van der Waals surface area contributed by atoms with Crippen LogP contribution in [0.3, 0.4) is 0 Å². The second kappa shape index (κ2) is 2.64. The van der Waals surface area contributed by atoms with Crippen LogP contribution in [-0.4, -0.2) is 10.8 Å². The van der Waals surface area contributed by atoms with E-state index in [2.05, 4.69) is 22.4 Å². The van der Waals surface area contributed by atoms with Gasteiger partial charge < -0.3 is 9.90 Å². The van der Waals surface area contributed by atoms with Gasteiger partial charge in [-0.3, -0.25) is 0 Å². The summed E-state index contributed by atoms with van der Waals surface area (Å²) in [4.78, 5) is 8.68. The van der Waals surface area contributed by atoms with Crippen LogP contribution in [0.5, 0.6) is 0 Å². The first-order valence-electron chi connectivity index (χ1n) is 1.49. The first-order valence-corrected chi connectivity index (χ1v) is 2.41. The molecule has 0 bridgehead atoms. The summed E-state index contributed by atoms with van der Waals surface area (Å²) in [7, 11) is 0. The van der Waals surface area contributed by atoms with Crippen molar-refractivity contribution in [2.45, 2.75) is 4.83 Å². The standard InChI is InChI=1S/C4H3BrO2/c1-2-3(5)4(6)7/h1,3H,(H,6,7)/p-1. The first kappa shape index (κ1) is 6.51. The lowest BCUT2D eigenvalue weighted by molar-refractivity contribution is -0.303. The first-order chi connectivity index (χ1) is 3.18. The summed E-state index contributed by atoms with van der Waals surface area (Å²) in [5.41, 5.74) is 0. The average Bonchev–Trinajstić information content (AvgIpc) is 1.65. The maximum Gasteiger partial charge on any atom is 0.114 e. The number of terminal acetylenes is 1. The molecule has 0 radical (unpaired) electrons. The third-order valence-electron chi connectivity index (χ3n) is 0.353. The molecule has 7 heavy (non-hydrogen) atoms. The van der Waals surface area contributed by atoms with Crippen LogP contribution in [0.25, 0.3) is 0 Å². The molecule has 0 aromatic rings. The number of carboxylic acid groups (broad SMARTS) is 1. The van der Waals surface area contributed by atoms with Crippen molar-refractivity contribution >= 4 is 21.9 Å². The fraction of sp³-hybridized carbons (Fsp3) is 0.250. The molecule has 0 heterocycles. The van der Waals surface area contributed by atoms with Crippen molar-refractivity contribution in [3.05, 3.63) is 0 Å². The molecule has 1 atom stereocenters. The van der Waals surface area contributed by atoms with Gasteiger partial charge in [-0.1, -0.05) is 21.9 Å². The lowest BCUT2D eigenvalue weighted by Gasteiger charge is -1.98. The number of carbonyl (C=O) groups excluding carboxylic acids is 1. The topological polar surface area (TPSA) is 40.1 Å². The van der Waals surface area contributed by atoms with Crippen LogP contribution < -0.4 is 5.11 Å². The van der Waals surface area contributed by atoms with E-state index in [1.54, 1.807) is 0 Å². The molecule has 0 aliphatic rings. The minimum absolute atomic E-state index is 0.951. The second-order valence-electron chi connectivity index (χ2n) is 0.848. The number of aliphatic carboxylic acids is 1. The molecule has 0 saturated carbocycles. The van der Waals surface area contributed by atoms with Crippen LogP contribution in [0.2, 0.25) is 0 Å². The summed E-state index contributed by atoms with van der Waals surface area (Å²) in [5, 5.41) is 9.63. The predicted octanol–water partition coefficient (Wildman–Crippen LogP) is -0.867. The number of alkyl halides is 1. The highest BCUT2D eigenvalue weighted by Gasteiger charge is 1.94. The van der Waals surface area contributed by atoms with Gasteiger partial charge >= 0.3 is 0 Å². The lowest BCUT2D eigenvalue weighted by Crippen LogP contribution is -2.30. The highest BCUT2D eigenvalue weighted by atomic mass is 79.9. The van der Waals surface area contributed by atoms with E-state index in [1.807, 2.05) is 5.92 Å². The molecule has 0 fully saturated rings. The molecular weight excluding hydrogens is 160 g/mol. The monoisotopic (exact) mass is 161 g/mol. The number of carbonyl (C=O) groups is 1. The second-order valence-corrected chi connectivity index (χ2v) is 1.76. The summed E-state index contributed by atoms with van der Waals surface area (Å²) in [6.07, 6.45) is 4.66. The van der Waals surface area contributed by atoms with Crippen molar-refractivity contribution < 1.29 is 9.90 Å². The molecule has 0 saturated heterocycles. The van der Waals surface area contributed by atoms with Crippen LogP contribution in [0.15, 0.2) is 0 Å². The van der Waals surface area contributed by atoms with Gasteiger partial charge in [-0.15, -0.1) is 6.42 Å². The minimum atomic E-state index is -1.28. The molecule has 0 spiro atoms. The van der Waals surface area contributed by atoms with E-state index in [0.717, 1.165) is 0 Å². The van der Waals surface area contributed by atoms with Gasteiger partial charge in [0.15, 0.2) is 0 Å². The molecule has 0 N–H and O–H groups in total. The van der Waals surface area contributed by atoms with E-state index in [9.17, 15) is 9.90 Å². The molecule has 0 aliphatic carbocycles. The van der Waals surface area contributed by atoms with Gasteiger partial charge in [0.05, 0.1) is 5.97 Å². The van der Waals surface area contributed by atoms with Gasteiger partial charge in [0.1, 0.15) is 4.83 Å². The molecule has 1 unspecified atom stereocenters. The molecule has 0 rings (SSSR count). The summed E-state index contributed by atoms with van der Waals surface area (Å²) >= 11 is 2.64. The summed E-state index contributed by atoms with van der Waals surface area (Å²) in [6.45, 7) is 0. The zero-order valence-corrected chi connectivity index (χ0v) is 4.94. The number of halogens is 1. The van der Waals surface area contributed by atoms with Gasteiger partial charge in [0, 0.05) is 0 Å². The van der Waals surface area contributed by atoms with Crippen molar-refractivity contribution in [2.75, 3.05) is 0 Å². The van der Waals surface area contributed by atoms with E-state index >= 15 is 0 Å².